The van der Waals surface area contributed by atoms with Crippen LogP contribution in [0.15, 0.2) is 36.4 Å². The van der Waals surface area contributed by atoms with Gasteiger partial charge in [0.25, 0.3) is 5.91 Å². The molecule has 0 spiro atoms. The third kappa shape index (κ3) is 5.67. The van der Waals surface area contributed by atoms with Gasteiger partial charge in [-0.25, -0.2) is 0 Å². The molecule has 2 N–H and O–H groups in total. The van der Waals surface area contributed by atoms with Crippen molar-refractivity contribution < 1.29 is 21.9 Å². The van der Waals surface area contributed by atoms with E-state index in [0.717, 1.165) is 22.7 Å². The minimum Gasteiger partial charge on any atom is -0.366 e. The first-order chi connectivity index (χ1) is 12.7. The summed E-state index contributed by atoms with van der Waals surface area (Å²) in [5.41, 5.74) is 9.32. The third-order valence-corrected chi connectivity index (χ3v) is 4.05. The second-order valence-electron chi connectivity index (χ2n) is 5.88. The first-order valence-corrected chi connectivity index (χ1v) is 8.42. The van der Waals surface area contributed by atoms with Gasteiger partial charge in [-0.1, -0.05) is 30.3 Å². The number of hydrogen-bond acceptors (Lipinski definition) is 2. The molecule has 136 valence electrons. The number of benzene rings is 1. The molecule has 0 atom stereocenters. The molecule has 2 aliphatic rings. The molecule has 2 fully saturated rings. The summed E-state index contributed by atoms with van der Waals surface area (Å²) < 4.78 is 0. The Kier molecular flexibility index (Phi) is 8.53. The molecule has 2 aliphatic carbocycles. The molecule has 0 unspecified atom stereocenters. The molecular weight excluding hydrogens is 376 g/mol. The molecule has 10 radical (unpaired) electrons. The molecule has 27 heavy (non-hydrogen) atoms. The SMILES string of the molecule is Cc1nc([C]2[CH][CH][CH][CH]2)cc(-c2ccccc2)c1C(N)=O.[CH]1[CH][CH][CH][CH]1.[Fe]. The van der Waals surface area contributed by atoms with E-state index in [4.69, 9.17) is 5.73 Å². The molecule has 4 heteroatoms. The van der Waals surface area contributed by atoms with E-state index in [1.165, 1.54) is 0 Å². The summed E-state index contributed by atoms with van der Waals surface area (Å²) in [7, 11) is 0. The van der Waals surface area contributed by atoms with Crippen LogP contribution in [0.5, 0.6) is 0 Å². The quantitative estimate of drug-likeness (QED) is 0.800. The first-order valence-electron chi connectivity index (χ1n) is 8.42. The zero-order valence-corrected chi connectivity index (χ0v) is 16.1. The summed E-state index contributed by atoms with van der Waals surface area (Å²) in [6, 6.07) is 11.7. The van der Waals surface area contributed by atoms with Gasteiger partial charge in [0.15, 0.2) is 0 Å². The van der Waals surface area contributed by atoms with Crippen LogP contribution >= 0.6 is 0 Å². The number of nitrogens with two attached hydrogens (primary N) is 1. The number of pyridine rings is 1. The summed E-state index contributed by atoms with van der Waals surface area (Å²) in [6.45, 7) is 1.82. The summed E-state index contributed by atoms with van der Waals surface area (Å²) >= 11 is 0. The summed E-state index contributed by atoms with van der Waals surface area (Å²) in [4.78, 5) is 16.3. The molecule has 0 aliphatic heterocycles. The number of aryl methyl sites for hydroxylation is 1. The molecular formula is C23H20FeN2O. The van der Waals surface area contributed by atoms with Crippen molar-refractivity contribution in [2.24, 2.45) is 5.73 Å². The van der Waals surface area contributed by atoms with Crippen LogP contribution in [0.25, 0.3) is 11.1 Å². The molecule has 2 aromatic rings. The van der Waals surface area contributed by atoms with Crippen LogP contribution in [-0.2, 0) is 17.1 Å². The number of carbonyl (C=O) groups excluding carboxylic acids is 1. The Labute approximate surface area is 173 Å². The topological polar surface area (TPSA) is 56.0 Å². The van der Waals surface area contributed by atoms with Crippen molar-refractivity contribution in [2.45, 2.75) is 6.92 Å². The van der Waals surface area contributed by atoms with E-state index >= 15 is 0 Å². The van der Waals surface area contributed by atoms with Gasteiger partial charge >= 0.3 is 0 Å². The molecule has 1 heterocycles. The van der Waals surface area contributed by atoms with Crippen molar-refractivity contribution in [3.8, 4) is 11.1 Å². The zero-order valence-electron chi connectivity index (χ0n) is 14.9. The molecule has 2 saturated carbocycles. The van der Waals surface area contributed by atoms with Crippen LogP contribution in [0.4, 0.5) is 0 Å². The number of aromatic nitrogens is 1. The van der Waals surface area contributed by atoms with E-state index in [1.807, 2.05) is 101 Å². The van der Waals surface area contributed by atoms with Gasteiger partial charge in [-0.15, -0.1) is 0 Å². The molecule has 1 amide bonds. The number of amides is 1. The number of rotatable bonds is 3. The second kappa shape index (κ2) is 10.6. The fourth-order valence-corrected chi connectivity index (χ4v) is 2.84. The molecule has 1 aromatic carbocycles. The van der Waals surface area contributed by atoms with E-state index in [-0.39, 0.29) is 17.1 Å². The van der Waals surface area contributed by atoms with Gasteiger partial charge in [-0.2, -0.15) is 0 Å². The Morgan fingerprint density at radius 3 is 1.96 bits per heavy atom. The summed E-state index contributed by atoms with van der Waals surface area (Å²) in [5, 5.41) is 0. The van der Waals surface area contributed by atoms with Gasteiger partial charge in [0.2, 0.25) is 0 Å². The number of carbonyl (C=O) groups is 1. The first kappa shape index (κ1) is 21.7. The fourth-order valence-electron chi connectivity index (χ4n) is 2.84. The maximum absolute atomic E-state index is 11.8. The molecule has 1 aromatic heterocycles. The Morgan fingerprint density at radius 2 is 1.44 bits per heavy atom. The van der Waals surface area contributed by atoms with E-state index in [9.17, 15) is 4.79 Å². The average Bonchev–Trinajstić information content (AvgIpc) is 3.37. The van der Waals surface area contributed by atoms with Crippen molar-refractivity contribution in [1.29, 1.82) is 0 Å². The summed E-state index contributed by atoms with van der Waals surface area (Å²) in [6.07, 6.45) is 17.9. The average molecular weight is 396 g/mol. The van der Waals surface area contributed by atoms with Gasteiger partial charge in [0, 0.05) is 28.7 Å². The number of primary amides is 1. The van der Waals surface area contributed by atoms with E-state index in [0.29, 0.717) is 11.3 Å². The van der Waals surface area contributed by atoms with E-state index in [2.05, 4.69) is 4.98 Å². The van der Waals surface area contributed by atoms with Gasteiger partial charge in [-0.3, -0.25) is 9.78 Å². The Balaban J connectivity index is 0.000000379. The van der Waals surface area contributed by atoms with Gasteiger partial charge in [-0.05, 0) is 81.9 Å². The maximum Gasteiger partial charge on any atom is 0.251 e. The monoisotopic (exact) mass is 396 g/mol. The normalized spacial score (nSPS) is 16.3. The van der Waals surface area contributed by atoms with Crippen molar-refractivity contribution in [1.82, 2.24) is 4.98 Å². The van der Waals surface area contributed by atoms with E-state index < -0.39 is 5.91 Å². The molecule has 0 bridgehead atoms. The Bertz CT molecular complexity index is 728. The third-order valence-electron chi connectivity index (χ3n) is 4.05. The minimum atomic E-state index is -0.451. The van der Waals surface area contributed by atoms with Crippen LogP contribution in [-0.4, -0.2) is 10.9 Å². The van der Waals surface area contributed by atoms with Crippen molar-refractivity contribution in [2.75, 3.05) is 0 Å². The Hall–Kier alpha value is -1.64. The number of hydrogen-bond donors (Lipinski definition) is 1. The maximum atomic E-state index is 11.8. The largest absolute Gasteiger partial charge is 0.366 e. The Morgan fingerprint density at radius 1 is 0.889 bits per heavy atom. The van der Waals surface area contributed by atoms with E-state index in [1.54, 1.807) is 0 Å². The molecule has 4 rings (SSSR count). The van der Waals surface area contributed by atoms with Crippen LogP contribution < -0.4 is 5.73 Å². The van der Waals surface area contributed by atoms with Crippen LogP contribution in [0.3, 0.4) is 0 Å². The van der Waals surface area contributed by atoms with Crippen molar-refractivity contribution in [3.05, 3.63) is 117 Å². The zero-order chi connectivity index (χ0) is 18.4. The van der Waals surface area contributed by atoms with Crippen LogP contribution in [0.2, 0.25) is 0 Å². The van der Waals surface area contributed by atoms with Gasteiger partial charge in [0.05, 0.1) is 11.3 Å². The van der Waals surface area contributed by atoms with Crippen molar-refractivity contribution >= 4 is 5.91 Å². The van der Waals surface area contributed by atoms with Crippen LogP contribution in [0, 0.1) is 70.6 Å². The smallest absolute Gasteiger partial charge is 0.251 e. The van der Waals surface area contributed by atoms with Crippen molar-refractivity contribution in [3.63, 3.8) is 0 Å². The number of nitrogens with zero attached hydrogens (tertiary/aromatic N) is 1. The van der Waals surface area contributed by atoms with Gasteiger partial charge in [0.1, 0.15) is 0 Å². The predicted molar refractivity (Wildman–Crippen MR) is 104 cm³/mol. The summed E-state index contributed by atoms with van der Waals surface area (Å²) in [5.74, 6) is 0.583. The predicted octanol–water partition coefficient (Wildman–Crippen LogP) is 3.93. The van der Waals surface area contributed by atoms with Gasteiger partial charge < -0.3 is 5.73 Å². The second-order valence-corrected chi connectivity index (χ2v) is 5.88. The van der Waals surface area contributed by atoms with Crippen LogP contribution in [0.1, 0.15) is 21.7 Å². The fraction of sp³-hybridized carbons (Fsp3) is 0.0435. The molecule has 0 saturated heterocycles. The molecule has 3 nitrogen and oxygen atoms in total. The minimum absolute atomic E-state index is 0. The standard InChI is InChI=1S/C18H15N2O.C5H5.Fe/c1-12-17(18(19)21)15(13-7-3-2-4-8-13)11-16(20-12)14-9-5-6-10-14;1-2-4-5-3-1;/h2-11H,1H3,(H2,19,21);1-5H;.